The fraction of sp³-hybridized carbons (Fsp3) is 0.538. The van der Waals surface area contributed by atoms with Crippen molar-refractivity contribution in [3.63, 3.8) is 0 Å². The summed E-state index contributed by atoms with van der Waals surface area (Å²) in [5, 5.41) is 3.30. The topological polar surface area (TPSA) is 12.0 Å². The molecule has 0 saturated heterocycles. The minimum Gasteiger partial charge on any atom is -0.385 e. The third-order valence-corrected chi connectivity index (χ3v) is 1.93. The Balaban J connectivity index is 0.000000791. The summed E-state index contributed by atoms with van der Waals surface area (Å²) in [6, 6.07) is 8.60. The van der Waals surface area contributed by atoms with Gasteiger partial charge < -0.3 is 5.32 Å². The van der Waals surface area contributed by atoms with Crippen LogP contribution in [0.3, 0.4) is 0 Å². The van der Waals surface area contributed by atoms with E-state index in [1.165, 1.54) is 11.3 Å². The molecule has 0 aliphatic heterocycles. The van der Waals surface area contributed by atoms with E-state index in [1.807, 2.05) is 13.8 Å². The van der Waals surface area contributed by atoms with Crippen LogP contribution in [0.4, 0.5) is 5.69 Å². The van der Waals surface area contributed by atoms with Crippen LogP contribution < -0.4 is 5.32 Å². The van der Waals surface area contributed by atoms with Gasteiger partial charge in [0.2, 0.25) is 0 Å². The standard InChI is InChI=1S/C11H17N.C2H6/c1-4-12-11-7-5-6-10(8-11)9(2)3;1-2/h5-9,12H,4H2,1-3H3;1-2H3. The second-order valence-electron chi connectivity index (χ2n) is 3.31. The van der Waals surface area contributed by atoms with E-state index in [4.69, 9.17) is 0 Å². The number of nitrogens with one attached hydrogen (secondary N) is 1. The molecule has 1 aromatic carbocycles. The SMILES string of the molecule is CC.CCNc1cccc(C(C)C)c1. The molecule has 0 spiro atoms. The molecule has 0 heterocycles. The average molecular weight is 193 g/mol. The zero-order valence-electron chi connectivity index (χ0n) is 10.1. The van der Waals surface area contributed by atoms with E-state index < -0.39 is 0 Å². The van der Waals surface area contributed by atoms with Gasteiger partial charge in [0.1, 0.15) is 0 Å². The van der Waals surface area contributed by atoms with Gasteiger partial charge in [-0.3, -0.25) is 0 Å². The van der Waals surface area contributed by atoms with E-state index in [2.05, 4.69) is 50.4 Å². The molecule has 14 heavy (non-hydrogen) atoms. The highest BCUT2D eigenvalue weighted by atomic mass is 14.8. The summed E-state index contributed by atoms with van der Waals surface area (Å²) in [4.78, 5) is 0. The monoisotopic (exact) mass is 193 g/mol. The molecule has 0 aliphatic carbocycles. The summed E-state index contributed by atoms with van der Waals surface area (Å²) in [6.07, 6.45) is 0. The Hall–Kier alpha value is -0.980. The molecular formula is C13H23N. The normalized spacial score (nSPS) is 9.29. The smallest absolute Gasteiger partial charge is 0.0342 e. The van der Waals surface area contributed by atoms with Crippen LogP contribution in [0.15, 0.2) is 24.3 Å². The molecule has 1 heteroatoms. The molecule has 0 saturated carbocycles. The van der Waals surface area contributed by atoms with Crippen LogP contribution in [0.1, 0.15) is 46.1 Å². The van der Waals surface area contributed by atoms with Gasteiger partial charge in [-0.25, -0.2) is 0 Å². The number of hydrogen-bond donors (Lipinski definition) is 1. The summed E-state index contributed by atoms with van der Waals surface area (Å²) in [6.45, 7) is 11.5. The maximum absolute atomic E-state index is 3.30. The zero-order chi connectivity index (χ0) is 11.0. The zero-order valence-corrected chi connectivity index (χ0v) is 10.1. The van der Waals surface area contributed by atoms with Crippen molar-refractivity contribution in [1.29, 1.82) is 0 Å². The molecular weight excluding hydrogens is 170 g/mol. The van der Waals surface area contributed by atoms with Gasteiger partial charge in [0.05, 0.1) is 0 Å². The van der Waals surface area contributed by atoms with Crippen molar-refractivity contribution >= 4 is 5.69 Å². The second-order valence-corrected chi connectivity index (χ2v) is 3.31. The van der Waals surface area contributed by atoms with Crippen molar-refractivity contribution in [3.05, 3.63) is 29.8 Å². The van der Waals surface area contributed by atoms with E-state index in [-0.39, 0.29) is 0 Å². The summed E-state index contributed by atoms with van der Waals surface area (Å²) in [7, 11) is 0. The molecule has 0 unspecified atom stereocenters. The average Bonchev–Trinajstić information content (AvgIpc) is 2.22. The van der Waals surface area contributed by atoms with Gasteiger partial charge in [0.15, 0.2) is 0 Å². The fourth-order valence-corrected chi connectivity index (χ4v) is 1.21. The first-order chi connectivity index (χ1) is 6.74. The Labute approximate surface area is 88.5 Å². The lowest BCUT2D eigenvalue weighted by molar-refractivity contribution is 0.867. The Morgan fingerprint density at radius 2 is 1.86 bits per heavy atom. The first-order valence-corrected chi connectivity index (χ1v) is 5.58. The largest absolute Gasteiger partial charge is 0.385 e. The third kappa shape index (κ3) is 4.31. The predicted octanol–water partition coefficient (Wildman–Crippen LogP) is 4.27. The van der Waals surface area contributed by atoms with E-state index in [1.54, 1.807) is 0 Å². The van der Waals surface area contributed by atoms with E-state index in [0.29, 0.717) is 5.92 Å². The van der Waals surface area contributed by atoms with Crippen LogP contribution in [-0.2, 0) is 0 Å². The number of hydrogen-bond acceptors (Lipinski definition) is 1. The van der Waals surface area contributed by atoms with E-state index in [0.717, 1.165) is 6.54 Å². The van der Waals surface area contributed by atoms with Gasteiger partial charge in [-0.15, -0.1) is 0 Å². The molecule has 1 nitrogen and oxygen atoms in total. The molecule has 0 aliphatic rings. The quantitative estimate of drug-likeness (QED) is 0.756. The molecule has 0 bridgehead atoms. The highest BCUT2D eigenvalue weighted by Crippen LogP contribution is 2.17. The Morgan fingerprint density at radius 3 is 2.36 bits per heavy atom. The molecule has 0 fully saturated rings. The van der Waals surface area contributed by atoms with Gasteiger partial charge in [0, 0.05) is 12.2 Å². The highest BCUT2D eigenvalue weighted by molar-refractivity contribution is 5.46. The molecule has 1 aromatic rings. The Bertz CT molecular complexity index is 241. The summed E-state index contributed by atoms with van der Waals surface area (Å²) >= 11 is 0. The van der Waals surface area contributed by atoms with Crippen LogP contribution in [0.25, 0.3) is 0 Å². The molecule has 0 radical (unpaired) electrons. The number of benzene rings is 1. The van der Waals surface area contributed by atoms with Crippen molar-refractivity contribution in [1.82, 2.24) is 0 Å². The van der Waals surface area contributed by atoms with Gasteiger partial charge in [-0.1, -0.05) is 39.8 Å². The molecule has 1 rings (SSSR count). The van der Waals surface area contributed by atoms with Gasteiger partial charge in [-0.05, 0) is 30.5 Å². The third-order valence-electron chi connectivity index (χ3n) is 1.93. The molecule has 0 amide bonds. The van der Waals surface area contributed by atoms with Crippen LogP contribution in [0.5, 0.6) is 0 Å². The predicted molar refractivity (Wildman–Crippen MR) is 66.0 cm³/mol. The minimum atomic E-state index is 0.614. The second kappa shape index (κ2) is 7.43. The first-order valence-electron chi connectivity index (χ1n) is 5.58. The number of anilines is 1. The maximum atomic E-state index is 3.30. The molecule has 80 valence electrons. The van der Waals surface area contributed by atoms with E-state index in [9.17, 15) is 0 Å². The van der Waals surface area contributed by atoms with Gasteiger partial charge >= 0.3 is 0 Å². The molecule has 1 N–H and O–H groups in total. The maximum Gasteiger partial charge on any atom is 0.0342 e. The van der Waals surface area contributed by atoms with Gasteiger partial charge in [-0.2, -0.15) is 0 Å². The van der Waals surface area contributed by atoms with Crippen molar-refractivity contribution < 1.29 is 0 Å². The van der Waals surface area contributed by atoms with Crippen molar-refractivity contribution in [2.24, 2.45) is 0 Å². The molecule has 0 atom stereocenters. The lowest BCUT2D eigenvalue weighted by Crippen LogP contribution is -1.97. The van der Waals surface area contributed by atoms with Crippen LogP contribution >= 0.6 is 0 Å². The van der Waals surface area contributed by atoms with E-state index >= 15 is 0 Å². The first kappa shape index (κ1) is 13.0. The molecule has 0 aromatic heterocycles. The highest BCUT2D eigenvalue weighted by Gasteiger charge is 1.98. The van der Waals surface area contributed by atoms with Gasteiger partial charge in [0.25, 0.3) is 0 Å². The summed E-state index contributed by atoms with van der Waals surface area (Å²) < 4.78 is 0. The summed E-state index contributed by atoms with van der Waals surface area (Å²) in [5.74, 6) is 0.614. The lowest BCUT2D eigenvalue weighted by Gasteiger charge is -2.08. The lowest BCUT2D eigenvalue weighted by atomic mass is 10.0. The fourth-order valence-electron chi connectivity index (χ4n) is 1.21. The Kier molecular flexibility index (Phi) is 6.91. The van der Waals surface area contributed by atoms with Crippen LogP contribution in [0, 0.1) is 0 Å². The van der Waals surface area contributed by atoms with Crippen LogP contribution in [0.2, 0.25) is 0 Å². The minimum absolute atomic E-state index is 0.614. The van der Waals surface area contributed by atoms with Crippen molar-refractivity contribution in [2.75, 3.05) is 11.9 Å². The van der Waals surface area contributed by atoms with Crippen molar-refractivity contribution in [3.8, 4) is 0 Å². The summed E-state index contributed by atoms with van der Waals surface area (Å²) in [5.41, 5.74) is 2.62. The number of rotatable bonds is 3. The van der Waals surface area contributed by atoms with Crippen LogP contribution in [-0.4, -0.2) is 6.54 Å². The Morgan fingerprint density at radius 1 is 1.21 bits per heavy atom. The van der Waals surface area contributed by atoms with Crippen molar-refractivity contribution in [2.45, 2.75) is 40.5 Å².